The molecule has 0 saturated carbocycles. The first-order valence-electron chi connectivity index (χ1n) is 9.72. The summed E-state index contributed by atoms with van der Waals surface area (Å²) < 4.78 is 8.56. The number of carbonyl (C=O) groups is 1. The quantitative estimate of drug-likeness (QED) is 0.285. The van der Waals surface area contributed by atoms with E-state index in [1.807, 2.05) is 36.4 Å². The van der Waals surface area contributed by atoms with Gasteiger partial charge in [0.2, 0.25) is 0 Å². The topological polar surface area (TPSA) is 56.2 Å². The Bertz CT molecular complexity index is 1240. The lowest BCUT2D eigenvalue weighted by Crippen LogP contribution is -2.12. The van der Waals surface area contributed by atoms with Gasteiger partial charge in [0.15, 0.2) is 0 Å². The number of nitrogens with zero attached hydrogens (tertiary/aromatic N) is 2. The van der Waals surface area contributed by atoms with E-state index in [1.165, 1.54) is 0 Å². The minimum absolute atomic E-state index is 0.226. The van der Waals surface area contributed by atoms with Crippen LogP contribution in [0.5, 0.6) is 5.75 Å². The molecule has 8 heteroatoms. The monoisotopic (exact) mass is 529 g/mol. The third-order valence-corrected chi connectivity index (χ3v) is 5.98. The summed E-state index contributed by atoms with van der Waals surface area (Å²) in [5.74, 6) is 0.267. The smallest absolute Gasteiger partial charge is 0.255 e. The van der Waals surface area contributed by atoms with Crippen LogP contribution in [-0.2, 0) is 13.2 Å². The zero-order chi connectivity index (χ0) is 22.5. The zero-order valence-corrected chi connectivity index (χ0v) is 19.9. The molecule has 0 aliphatic rings. The largest absolute Gasteiger partial charge is 0.487 e. The Hall–Kier alpha value is -2.80. The molecular formula is C24H18BrCl2N3O2. The fraction of sp³-hybridized carbons (Fsp3) is 0.0833. The number of hydrogen-bond acceptors (Lipinski definition) is 3. The average molecular weight is 531 g/mol. The molecule has 32 heavy (non-hydrogen) atoms. The van der Waals surface area contributed by atoms with E-state index in [-0.39, 0.29) is 12.5 Å². The van der Waals surface area contributed by atoms with E-state index < -0.39 is 0 Å². The van der Waals surface area contributed by atoms with Gasteiger partial charge in [0, 0.05) is 16.2 Å². The van der Waals surface area contributed by atoms with Gasteiger partial charge in [-0.1, -0.05) is 69.5 Å². The summed E-state index contributed by atoms with van der Waals surface area (Å²) in [5.41, 5.74) is 3.09. The Kier molecular flexibility index (Phi) is 7.15. The first kappa shape index (κ1) is 22.4. The van der Waals surface area contributed by atoms with E-state index >= 15 is 0 Å². The van der Waals surface area contributed by atoms with Crippen molar-refractivity contribution in [1.29, 1.82) is 0 Å². The highest BCUT2D eigenvalue weighted by atomic mass is 79.9. The lowest BCUT2D eigenvalue weighted by atomic mass is 10.1. The third kappa shape index (κ3) is 5.71. The van der Waals surface area contributed by atoms with E-state index in [9.17, 15) is 4.79 Å². The molecule has 0 aliphatic carbocycles. The van der Waals surface area contributed by atoms with E-state index in [4.69, 9.17) is 27.9 Å². The van der Waals surface area contributed by atoms with Gasteiger partial charge in [-0.2, -0.15) is 5.10 Å². The van der Waals surface area contributed by atoms with Crippen molar-refractivity contribution < 1.29 is 9.53 Å². The maximum Gasteiger partial charge on any atom is 0.255 e. The van der Waals surface area contributed by atoms with Gasteiger partial charge in [-0.25, -0.2) is 0 Å². The van der Waals surface area contributed by atoms with E-state index in [0.717, 1.165) is 15.6 Å². The molecule has 0 bridgehead atoms. The number of nitrogens with one attached hydrogen (secondary N) is 1. The summed E-state index contributed by atoms with van der Waals surface area (Å²) in [4.78, 5) is 12.7. The van der Waals surface area contributed by atoms with Crippen molar-refractivity contribution in [1.82, 2.24) is 9.78 Å². The van der Waals surface area contributed by atoms with Gasteiger partial charge in [-0.05, 0) is 47.5 Å². The Morgan fingerprint density at radius 3 is 2.62 bits per heavy atom. The van der Waals surface area contributed by atoms with Crippen LogP contribution in [0.3, 0.4) is 0 Å². The summed E-state index contributed by atoms with van der Waals surface area (Å²) in [7, 11) is 0. The molecule has 4 aromatic rings. The summed E-state index contributed by atoms with van der Waals surface area (Å²) in [6.07, 6.45) is 3.43. The van der Waals surface area contributed by atoms with Crippen molar-refractivity contribution in [2.24, 2.45) is 0 Å². The predicted molar refractivity (Wildman–Crippen MR) is 131 cm³/mol. The van der Waals surface area contributed by atoms with E-state index in [0.29, 0.717) is 33.6 Å². The predicted octanol–water partition coefficient (Wildman–Crippen LogP) is 6.83. The average Bonchev–Trinajstić information content (AvgIpc) is 3.23. The zero-order valence-electron chi connectivity index (χ0n) is 16.8. The van der Waals surface area contributed by atoms with Crippen LogP contribution in [0.2, 0.25) is 10.0 Å². The number of benzene rings is 3. The van der Waals surface area contributed by atoms with Crippen LogP contribution >= 0.6 is 39.1 Å². The first-order valence-corrected chi connectivity index (χ1v) is 11.3. The molecule has 0 unspecified atom stereocenters. The van der Waals surface area contributed by atoms with Gasteiger partial charge in [-0.3, -0.25) is 9.48 Å². The van der Waals surface area contributed by atoms with Crippen molar-refractivity contribution >= 4 is 50.7 Å². The Morgan fingerprint density at radius 2 is 1.81 bits per heavy atom. The number of halogens is 3. The molecule has 1 amide bonds. The highest BCUT2D eigenvalue weighted by molar-refractivity contribution is 9.10. The summed E-state index contributed by atoms with van der Waals surface area (Å²) >= 11 is 15.6. The minimum atomic E-state index is -0.226. The molecule has 0 saturated heterocycles. The molecule has 0 fully saturated rings. The van der Waals surface area contributed by atoms with Gasteiger partial charge in [-0.15, -0.1) is 0 Å². The summed E-state index contributed by atoms with van der Waals surface area (Å²) in [6.45, 7) is 0.869. The minimum Gasteiger partial charge on any atom is -0.487 e. The van der Waals surface area contributed by atoms with Crippen LogP contribution in [0.4, 0.5) is 5.69 Å². The molecule has 162 valence electrons. The normalized spacial score (nSPS) is 10.7. The fourth-order valence-electron chi connectivity index (χ4n) is 3.05. The number of carbonyl (C=O) groups excluding carboxylic acids is 1. The molecule has 1 aromatic heterocycles. The van der Waals surface area contributed by atoms with Gasteiger partial charge in [0.05, 0.1) is 23.5 Å². The molecule has 0 spiro atoms. The first-order chi connectivity index (χ1) is 15.5. The number of amides is 1. The number of rotatable bonds is 7. The third-order valence-electron chi connectivity index (χ3n) is 4.65. The Balaban J connectivity index is 1.38. The maximum absolute atomic E-state index is 12.7. The summed E-state index contributed by atoms with van der Waals surface area (Å²) in [5, 5.41) is 8.00. The van der Waals surface area contributed by atoms with E-state index in [1.54, 1.807) is 47.4 Å². The molecule has 4 rings (SSSR count). The highest BCUT2D eigenvalue weighted by Crippen LogP contribution is 2.32. The molecule has 1 heterocycles. The molecule has 0 aliphatic heterocycles. The van der Waals surface area contributed by atoms with Crippen molar-refractivity contribution in [2.75, 3.05) is 5.32 Å². The standard InChI is InChI=1S/C24H18BrCl2N3O2/c25-19-9-7-16(8-10-19)13-30-14-20(12-28-30)29-24(31)18-4-1-3-17(11-18)15-32-22-6-2-5-21(26)23(22)27/h1-12,14H,13,15H2,(H,29,31). The number of anilines is 1. The van der Waals surface area contributed by atoms with E-state index in [2.05, 4.69) is 26.3 Å². The summed E-state index contributed by atoms with van der Waals surface area (Å²) in [6, 6.07) is 20.4. The van der Waals surface area contributed by atoms with Crippen LogP contribution in [0.15, 0.2) is 83.6 Å². The van der Waals surface area contributed by atoms with Crippen LogP contribution in [0.1, 0.15) is 21.5 Å². The van der Waals surface area contributed by atoms with Crippen LogP contribution in [-0.4, -0.2) is 15.7 Å². The molecular weight excluding hydrogens is 513 g/mol. The Labute approximate surface area is 204 Å². The molecule has 3 aromatic carbocycles. The molecule has 0 radical (unpaired) electrons. The van der Waals surface area contributed by atoms with Crippen LogP contribution < -0.4 is 10.1 Å². The van der Waals surface area contributed by atoms with Gasteiger partial charge in [0.25, 0.3) is 5.91 Å². The van der Waals surface area contributed by atoms with Crippen LogP contribution in [0.25, 0.3) is 0 Å². The van der Waals surface area contributed by atoms with Crippen molar-refractivity contribution in [3.8, 4) is 5.75 Å². The molecule has 1 N–H and O–H groups in total. The van der Waals surface area contributed by atoms with Crippen molar-refractivity contribution in [3.05, 3.63) is 110 Å². The second-order valence-electron chi connectivity index (χ2n) is 7.05. The van der Waals surface area contributed by atoms with Crippen molar-refractivity contribution in [3.63, 3.8) is 0 Å². The van der Waals surface area contributed by atoms with Crippen molar-refractivity contribution in [2.45, 2.75) is 13.2 Å². The van der Waals surface area contributed by atoms with Gasteiger partial charge in [0.1, 0.15) is 17.4 Å². The second-order valence-corrected chi connectivity index (χ2v) is 8.75. The van der Waals surface area contributed by atoms with Gasteiger partial charge >= 0.3 is 0 Å². The molecule has 5 nitrogen and oxygen atoms in total. The lowest BCUT2D eigenvalue weighted by Gasteiger charge is -2.10. The Morgan fingerprint density at radius 1 is 1.03 bits per heavy atom. The maximum atomic E-state index is 12.7. The highest BCUT2D eigenvalue weighted by Gasteiger charge is 2.10. The lowest BCUT2D eigenvalue weighted by molar-refractivity contribution is 0.102. The number of ether oxygens (including phenoxy) is 1. The fourth-order valence-corrected chi connectivity index (χ4v) is 3.66. The SMILES string of the molecule is O=C(Nc1cnn(Cc2ccc(Br)cc2)c1)c1cccc(COc2cccc(Cl)c2Cl)c1. The van der Waals surface area contributed by atoms with Gasteiger partial charge < -0.3 is 10.1 Å². The molecule has 0 atom stereocenters. The number of hydrogen-bond donors (Lipinski definition) is 1. The number of aromatic nitrogens is 2. The van der Waals surface area contributed by atoms with Crippen LogP contribution in [0, 0.1) is 0 Å². The second kappa shape index (κ2) is 10.2.